The number of unbranched alkanes of at least 4 members (excludes halogenated alkanes) is 9. The fourth-order valence-electron chi connectivity index (χ4n) is 2.93. The van der Waals surface area contributed by atoms with E-state index in [0.29, 0.717) is 6.61 Å². The zero-order valence-electron chi connectivity index (χ0n) is 16.0. The maximum atomic E-state index is 10.8. The molecule has 25 heavy (non-hydrogen) atoms. The van der Waals surface area contributed by atoms with E-state index in [2.05, 4.69) is 35.7 Å². The second-order valence-electron chi connectivity index (χ2n) is 6.56. The van der Waals surface area contributed by atoms with Gasteiger partial charge in [-0.15, -0.1) is 17.0 Å². The highest BCUT2D eigenvalue weighted by molar-refractivity contribution is 8.93. The number of esters is 1. The van der Waals surface area contributed by atoms with Crippen LogP contribution in [-0.4, -0.2) is 42.1 Å². The summed E-state index contributed by atoms with van der Waals surface area (Å²) in [5.41, 5.74) is 0. The fourth-order valence-corrected chi connectivity index (χ4v) is 2.93. The zero-order valence-corrected chi connectivity index (χ0v) is 17.7. The van der Waals surface area contributed by atoms with Crippen LogP contribution in [0, 0.1) is 0 Å². The average molecular weight is 417 g/mol. The van der Waals surface area contributed by atoms with Crippen molar-refractivity contribution in [3.05, 3.63) is 25.1 Å². The van der Waals surface area contributed by atoms with Crippen LogP contribution in [0.15, 0.2) is 25.1 Å². The lowest BCUT2D eigenvalue weighted by atomic mass is 10.1. The molecule has 1 aliphatic heterocycles. The van der Waals surface area contributed by atoms with Crippen LogP contribution in [0.1, 0.15) is 71.1 Å². The van der Waals surface area contributed by atoms with Crippen molar-refractivity contribution in [2.45, 2.75) is 71.1 Å². The number of halogens is 1. The van der Waals surface area contributed by atoms with Crippen LogP contribution >= 0.6 is 17.0 Å². The van der Waals surface area contributed by atoms with Crippen molar-refractivity contribution in [3.8, 4) is 0 Å². The van der Waals surface area contributed by atoms with Crippen molar-refractivity contribution >= 4 is 23.0 Å². The summed E-state index contributed by atoms with van der Waals surface area (Å²) in [6.45, 7) is 9.49. The minimum absolute atomic E-state index is 0. The SMILES string of the molecule is Br.C=CC(=O)OCCCCCCCCCCCCN1C=CN(CC)C1. The summed E-state index contributed by atoms with van der Waals surface area (Å²) >= 11 is 0. The van der Waals surface area contributed by atoms with Crippen molar-refractivity contribution in [2.24, 2.45) is 0 Å². The monoisotopic (exact) mass is 416 g/mol. The Labute approximate surface area is 165 Å². The van der Waals surface area contributed by atoms with E-state index in [4.69, 9.17) is 4.74 Å². The summed E-state index contributed by atoms with van der Waals surface area (Å²) in [4.78, 5) is 15.6. The molecule has 0 aromatic carbocycles. The number of hydrogen-bond donors (Lipinski definition) is 0. The molecule has 0 aromatic rings. The first-order valence-corrected chi connectivity index (χ1v) is 9.72. The van der Waals surface area contributed by atoms with E-state index in [-0.39, 0.29) is 23.0 Å². The number of carbonyl (C=O) groups is 1. The van der Waals surface area contributed by atoms with E-state index in [0.717, 1.165) is 26.1 Å². The second kappa shape index (κ2) is 16.5. The summed E-state index contributed by atoms with van der Waals surface area (Å²) in [7, 11) is 0. The third kappa shape index (κ3) is 13.0. The normalized spacial score (nSPS) is 13.0. The van der Waals surface area contributed by atoms with Crippen molar-refractivity contribution in [2.75, 3.05) is 26.4 Å². The summed E-state index contributed by atoms with van der Waals surface area (Å²) in [6.07, 6.45) is 18.4. The highest BCUT2D eigenvalue weighted by Gasteiger charge is 2.08. The predicted octanol–water partition coefficient (Wildman–Crippen LogP) is 5.26. The molecule has 0 spiro atoms. The van der Waals surface area contributed by atoms with E-state index in [1.165, 1.54) is 64.0 Å². The lowest BCUT2D eigenvalue weighted by molar-refractivity contribution is -0.137. The molecule has 146 valence electrons. The number of carbonyl (C=O) groups excluding carboxylic acids is 1. The van der Waals surface area contributed by atoms with E-state index < -0.39 is 0 Å². The van der Waals surface area contributed by atoms with Crippen LogP contribution < -0.4 is 0 Å². The van der Waals surface area contributed by atoms with Crippen LogP contribution in [0.5, 0.6) is 0 Å². The first-order chi connectivity index (χ1) is 11.8. The van der Waals surface area contributed by atoms with Crippen molar-refractivity contribution in [3.63, 3.8) is 0 Å². The summed E-state index contributed by atoms with van der Waals surface area (Å²) in [5, 5.41) is 0. The van der Waals surface area contributed by atoms with Gasteiger partial charge >= 0.3 is 5.97 Å². The third-order valence-corrected chi connectivity index (χ3v) is 4.51. The van der Waals surface area contributed by atoms with Gasteiger partial charge in [-0.25, -0.2) is 4.79 Å². The first kappa shape index (κ1) is 24.0. The van der Waals surface area contributed by atoms with Gasteiger partial charge < -0.3 is 14.5 Å². The highest BCUT2D eigenvalue weighted by Crippen LogP contribution is 2.12. The summed E-state index contributed by atoms with van der Waals surface area (Å²) in [5.74, 6) is -0.307. The standard InChI is InChI=1S/C20H36N2O2.BrH/c1-3-20(23)24-18-14-12-10-8-6-5-7-9-11-13-15-22-17-16-21(4-2)19-22;/h3,16-17H,1,4-15,18-19H2,2H3;1H. The molecule has 0 bridgehead atoms. The lowest BCUT2D eigenvalue weighted by Crippen LogP contribution is -2.25. The van der Waals surface area contributed by atoms with Gasteiger partial charge in [0.15, 0.2) is 0 Å². The Morgan fingerprint density at radius 2 is 1.48 bits per heavy atom. The minimum Gasteiger partial charge on any atom is -0.463 e. The Morgan fingerprint density at radius 1 is 0.960 bits per heavy atom. The average Bonchev–Trinajstić information content (AvgIpc) is 3.06. The molecule has 1 rings (SSSR count). The summed E-state index contributed by atoms with van der Waals surface area (Å²) < 4.78 is 4.96. The number of rotatable bonds is 15. The molecule has 0 radical (unpaired) electrons. The van der Waals surface area contributed by atoms with Crippen molar-refractivity contribution in [1.29, 1.82) is 0 Å². The fraction of sp³-hybridized carbons (Fsp3) is 0.750. The maximum absolute atomic E-state index is 10.8. The Kier molecular flexibility index (Phi) is 15.9. The Hall–Kier alpha value is -0.970. The van der Waals surface area contributed by atoms with Crippen LogP contribution in [0.2, 0.25) is 0 Å². The second-order valence-corrected chi connectivity index (χ2v) is 6.56. The van der Waals surface area contributed by atoms with Crippen LogP contribution in [0.3, 0.4) is 0 Å². The van der Waals surface area contributed by atoms with Gasteiger partial charge in [0, 0.05) is 31.6 Å². The lowest BCUT2D eigenvalue weighted by Gasteiger charge is -2.19. The largest absolute Gasteiger partial charge is 0.463 e. The van der Waals surface area contributed by atoms with E-state index in [1.807, 2.05) is 0 Å². The maximum Gasteiger partial charge on any atom is 0.330 e. The first-order valence-electron chi connectivity index (χ1n) is 9.72. The molecule has 0 atom stereocenters. The molecule has 5 heteroatoms. The van der Waals surface area contributed by atoms with E-state index in [9.17, 15) is 4.79 Å². The van der Waals surface area contributed by atoms with E-state index in [1.54, 1.807) is 0 Å². The van der Waals surface area contributed by atoms with Gasteiger partial charge in [0.05, 0.1) is 13.3 Å². The van der Waals surface area contributed by atoms with Crippen molar-refractivity contribution in [1.82, 2.24) is 9.80 Å². The molecule has 1 aliphatic rings. The number of ether oxygens (including phenoxy) is 1. The molecule has 0 aliphatic carbocycles. The Balaban J connectivity index is 0.00000576. The van der Waals surface area contributed by atoms with Crippen LogP contribution in [0.4, 0.5) is 0 Å². The smallest absolute Gasteiger partial charge is 0.330 e. The van der Waals surface area contributed by atoms with Gasteiger partial charge in [-0.2, -0.15) is 0 Å². The minimum atomic E-state index is -0.307. The molecule has 0 N–H and O–H groups in total. The Morgan fingerprint density at radius 3 is 2.00 bits per heavy atom. The molecule has 0 saturated heterocycles. The molecule has 0 amide bonds. The molecule has 0 aromatic heterocycles. The number of nitrogens with zero attached hydrogens (tertiary/aromatic N) is 2. The molecule has 0 saturated carbocycles. The summed E-state index contributed by atoms with van der Waals surface area (Å²) in [6, 6.07) is 0. The molecule has 4 nitrogen and oxygen atoms in total. The molecular weight excluding hydrogens is 380 g/mol. The van der Waals surface area contributed by atoms with Crippen molar-refractivity contribution < 1.29 is 9.53 Å². The quantitative estimate of drug-likeness (QED) is 0.207. The van der Waals surface area contributed by atoms with Gasteiger partial charge in [-0.3, -0.25) is 0 Å². The third-order valence-electron chi connectivity index (χ3n) is 4.51. The van der Waals surface area contributed by atoms with E-state index >= 15 is 0 Å². The highest BCUT2D eigenvalue weighted by atomic mass is 79.9. The van der Waals surface area contributed by atoms with Crippen LogP contribution in [-0.2, 0) is 9.53 Å². The predicted molar refractivity (Wildman–Crippen MR) is 111 cm³/mol. The van der Waals surface area contributed by atoms with Gasteiger partial charge in [0.25, 0.3) is 0 Å². The molecule has 0 unspecified atom stereocenters. The molecule has 1 heterocycles. The number of hydrogen-bond acceptors (Lipinski definition) is 4. The topological polar surface area (TPSA) is 32.8 Å². The van der Waals surface area contributed by atoms with Gasteiger partial charge in [0.1, 0.15) is 0 Å². The van der Waals surface area contributed by atoms with Gasteiger partial charge in [0.2, 0.25) is 0 Å². The molecule has 0 fully saturated rings. The van der Waals surface area contributed by atoms with Crippen LogP contribution in [0.25, 0.3) is 0 Å². The Bertz CT molecular complexity index is 375. The zero-order chi connectivity index (χ0) is 17.5. The molecular formula is C20H37BrN2O2. The van der Waals surface area contributed by atoms with Gasteiger partial charge in [-0.1, -0.05) is 57.9 Å². The van der Waals surface area contributed by atoms with Gasteiger partial charge in [-0.05, 0) is 19.8 Å².